The minimum absolute atomic E-state index is 0.124. The van der Waals surface area contributed by atoms with E-state index in [0.29, 0.717) is 5.92 Å². The Kier molecular flexibility index (Phi) is 3.96. The molecule has 3 aromatic heterocycles. The van der Waals surface area contributed by atoms with Crippen LogP contribution in [0.4, 0.5) is 5.69 Å². The zero-order chi connectivity index (χ0) is 19.4. The van der Waals surface area contributed by atoms with Crippen molar-refractivity contribution < 1.29 is 4.74 Å². The Hall–Kier alpha value is -2.70. The highest BCUT2D eigenvalue weighted by molar-refractivity contribution is 7.17. The van der Waals surface area contributed by atoms with Gasteiger partial charge >= 0.3 is 0 Å². The van der Waals surface area contributed by atoms with Gasteiger partial charge in [-0.25, -0.2) is 0 Å². The third-order valence-corrected chi connectivity index (χ3v) is 7.04. The predicted octanol–water partition coefficient (Wildman–Crippen LogP) is 4.18. The van der Waals surface area contributed by atoms with Crippen LogP contribution in [0, 0.1) is 0 Å². The summed E-state index contributed by atoms with van der Waals surface area (Å²) in [7, 11) is 0. The second-order valence-corrected chi connectivity index (χ2v) is 8.74. The Bertz CT molecular complexity index is 1270. The molecular weight excluding hydrogens is 382 g/mol. The van der Waals surface area contributed by atoms with Gasteiger partial charge in [-0.05, 0) is 24.6 Å². The Morgan fingerprint density at radius 3 is 2.83 bits per heavy atom. The fourth-order valence-electron chi connectivity index (χ4n) is 4.44. The molecular formula is C23H21N3O2S. The number of pyridine rings is 2. The molecule has 4 aromatic rings. The monoisotopic (exact) mass is 403 g/mol. The Morgan fingerprint density at radius 1 is 1.07 bits per heavy atom. The molecule has 2 aliphatic rings. The molecule has 0 radical (unpaired) electrons. The van der Waals surface area contributed by atoms with Gasteiger partial charge in [0, 0.05) is 52.4 Å². The average molecular weight is 404 g/mol. The number of ether oxygens (including phenoxy) is 1. The number of morpholine rings is 1. The molecule has 0 amide bonds. The molecule has 2 atom stereocenters. The summed E-state index contributed by atoms with van der Waals surface area (Å²) >= 11 is 1.65. The van der Waals surface area contributed by atoms with Gasteiger partial charge in [0.15, 0.2) is 0 Å². The minimum Gasteiger partial charge on any atom is -0.378 e. The molecule has 1 aliphatic heterocycles. The van der Waals surface area contributed by atoms with Crippen molar-refractivity contribution in [1.82, 2.24) is 9.55 Å². The van der Waals surface area contributed by atoms with Crippen LogP contribution in [0.3, 0.4) is 0 Å². The molecule has 0 bridgehead atoms. The first kappa shape index (κ1) is 17.2. The molecule has 0 spiro atoms. The highest BCUT2D eigenvalue weighted by atomic mass is 32.1. The molecule has 6 heteroatoms. The van der Waals surface area contributed by atoms with E-state index in [0.717, 1.165) is 65.1 Å². The third-order valence-electron chi connectivity index (χ3n) is 6.10. The first-order chi connectivity index (χ1) is 14.3. The highest BCUT2D eigenvalue weighted by Crippen LogP contribution is 2.50. The van der Waals surface area contributed by atoms with E-state index in [4.69, 9.17) is 9.72 Å². The molecule has 146 valence electrons. The first-order valence-electron chi connectivity index (χ1n) is 10.1. The van der Waals surface area contributed by atoms with Crippen LogP contribution in [0.2, 0.25) is 0 Å². The van der Waals surface area contributed by atoms with E-state index < -0.39 is 0 Å². The van der Waals surface area contributed by atoms with Crippen LogP contribution in [0.15, 0.2) is 58.8 Å². The molecule has 29 heavy (non-hydrogen) atoms. The first-order valence-corrected chi connectivity index (χ1v) is 11.0. The Labute approximate surface area is 172 Å². The Morgan fingerprint density at radius 2 is 1.93 bits per heavy atom. The largest absolute Gasteiger partial charge is 0.378 e. The van der Waals surface area contributed by atoms with E-state index in [9.17, 15) is 4.79 Å². The van der Waals surface area contributed by atoms with Crippen LogP contribution in [0.5, 0.6) is 0 Å². The number of thiophene rings is 1. The summed E-state index contributed by atoms with van der Waals surface area (Å²) in [6.45, 7) is 3.12. The maximum Gasteiger partial charge on any atom is 0.261 e. The second-order valence-electron chi connectivity index (χ2n) is 7.83. The molecule has 1 aliphatic carbocycles. The summed E-state index contributed by atoms with van der Waals surface area (Å²) in [6.07, 6.45) is 2.93. The molecule has 1 saturated carbocycles. The zero-order valence-corrected chi connectivity index (χ0v) is 16.8. The lowest BCUT2D eigenvalue weighted by molar-refractivity contribution is 0.123. The maximum absolute atomic E-state index is 13.4. The molecule has 6 rings (SSSR count). The normalized spacial score (nSPS) is 21.7. The lowest BCUT2D eigenvalue weighted by Crippen LogP contribution is -2.36. The van der Waals surface area contributed by atoms with Gasteiger partial charge in [0.2, 0.25) is 0 Å². The number of hydrogen-bond acceptors (Lipinski definition) is 5. The number of para-hydroxylation sites is 1. The summed E-state index contributed by atoms with van der Waals surface area (Å²) in [5.74, 6) is 0.306. The maximum atomic E-state index is 13.4. The molecule has 1 saturated heterocycles. The number of benzene rings is 1. The molecule has 4 heterocycles. The van der Waals surface area contributed by atoms with Crippen LogP contribution >= 0.6 is 11.3 Å². The number of anilines is 1. The number of aromatic nitrogens is 2. The van der Waals surface area contributed by atoms with E-state index in [2.05, 4.69) is 40.6 Å². The predicted molar refractivity (Wildman–Crippen MR) is 117 cm³/mol. The minimum atomic E-state index is 0.124. The quantitative estimate of drug-likeness (QED) is 0.515. The number of hydrogen-bond donors (Lipinski definition) is 0. The van der Waals surface area contributed by atoms with Crippen molar-refractivity contribution in [2.45, 2.75) is 18.4 Å². The highest BCUT2D eigenvalue weighted by Gasteiger charge is 2.42. The lowest BCUT2D eigenvalue weighted by atomic mass is 10.1. The van der Waals surface area contributed by atoms with Crippen molar-refractivity contribution in [1.29, 1.82) is 0 Å². The van der Waals surface area contributed by atoms with Crippen molar-refractivity contribution >= 4 is 38.0 Å². The second kappa shape index (κ2) is 6.68. The van der Waals surface area contributed by atoms with Gasteiger partial charge in [-0.3, -0.25) is 9.78 Å². The SMILES string of the molecule is O=c1c2c(N3CCOCC3)csc2ccn1[C@@H]1C[C@H]1c1ccc2ccccc2n1. The molecule has 0 N–H and O–H groups in total. The fourth-order valence-corrected chi connectivity index (χ4v) is 5.39. The van der Waals surface area contributed by atoms with E-state index in [1.807, 2.05) is 22.9 Å². The van der Waals surface area contributed by atoms with Gasteiger partial charge in [0.05, 0.1) is 29.8 Å². The van der Waals surface area contributed by atoms with Gasteiger partial charge < -0.3 is 14.2 Å². The van der Waals surface area contributed by atoms with Gasteiger partial charge in [0.1, 0.15) is 0 Å². The topological polar surface area (TPSA) is 47.4 Å². The molecule has 5 nitrogen and oxygen atoms in total. The summed E-state index contributed by atoms with van der Waals surface area (Å²) in [6, 6.07) is 14.7. The van der Waals surface area contributed by atoms with Gasteiger partial charge in [-0.15, -0.1) is 11.3 Å². The standard InChI is InChI=1S/C23H21N3O2S/c27-23-22-20(25-9-11-28-12-10-25)14-29-21(22)7-8-26(23)19-13-16(19)18-6-5-15-3-1-2-4-17(15)24-18/h1-8,14,16,19H,9-13H2/t16-,19+/m0/s1. The summed E-state index contributed by atoms with van der Waals surface area (Å²) in [5, 5.41) is 4.13. The van der Waals surface area contributed by atoms with Crippen LogP contribution in [-0.4, -0.2) is 35.9 Å². The number of rotatable bonds is 3. The van der Waals surface area contributed by atoms with E-state index >= 15 is 0 Å². The van der Waals surface area contributed by atoms with Crippen molar-refractivity contribution in [3.8, 4) is 0 Å². The fraction of sp³-hybridized carbons (Fsp3) is 0.304. The van der Waals surface area contributed by atoms with Crippen LogP contribution < -0.4 is 10.5 Å². The van der Waals surface area contributed by atoms with Gasteiger partial charge in [-0.1, -0.05) is 24.3 Å². The molecule has 0 unspecified atom stereocenters. The zero-order valence-electron chi connectivity index (χ0n) is 16.0. The van der Waals surface area contributed by atoms with Crippen molar-refractivity contribution in [2.24, 2.45) is 0 Å². The van der Waals surface area contributed by atoms with Crippen molar-refractivity contribution in [3.05, 3.63) is 70.1 Å². The van der Waals surface area contributed by atoms with Crippen LogP contribution in [-0.2, 0) is 4.74 Å². The smallest absolute Gasteiger partial charge is 0.261 e. The molecule has 1 aromatic carbocycles. The van der Waals surface area contributed by atoms with E-state index in [1.165, 1.54) is 0 Å². The number of nitrogens with zero attached hydrogens (tertiary/aromatic N) is 3. The summed E-state index contributed by atoms with van der Waals surface area (Å²) in [5.41, 5.74) is 3.29. The lowest BCUT2D eigenvalue weighted by Gasteiger charge is -2.28. The van der Waals surface area contributed by atoms with Crippen LogP contribution in [0.1, 0.15) is 24.1 Å². The third kappa shape index (κ3) is 2.86. The van der Waals surface area contributed by atoms with Crippen LogP contribution in [0.25, 0.3) is 21.0 Å². The molecule has 2 fully saturated rings. The summed E-state index contributed by atoms with van der Waals surface area (Å²) < 4.78 is 8.47. The average Bonchev–Trinajstić information content (AvgIpc) is 3.44. The Balaban J connectivity index is 1.36. The van der Waals surface area contributed by atoms with Crippen molar-refractivity contribution in [3.63, 3.8) is 0 Å². The van der Waals surface area contributed by atoms with Gasteiger partial charge in [0.25, 0.3) is 5.56 Å². The summed E-state index contributed by atoms with van der Waals surface area (Å²) in [4.78, 5) is 20.5. The van der Waals surface area contributed by atoms with Crippen molar-refractivity contribution in [2.75, 3.05) is 31.2 Å². The number of fused-ring (bicyclic) bond motifs is 2. The van der Waals surface area contributed by atoms with E-state index in [1.54, 1.807) is 11.3 Å². The van der Waals surface area contributed by atoms with Gasteiger partial charge in [-0.2, -0.15) is 0 Å². The van der Waals surface area contributed by atoms with E-state index in [-0.39, 0.29) is 11.6 Å².